The molecule has 0 atom stereocenters. The molecular weight excluding hydrogens is 484 g/mol. The molecule has 0 radical (unpaired) electrons. The molecule has 1 amide bonds. The molecule has 4 rings (SSSR count). The zero-order valence-corrected chi connectivity index (χ0v) is 21.3. The van der Waals surface area contributed by atoms with E-state index in [9.17, 15) is 18.0 Å². The predicted octanol–water partition coefficient (Wildman–Crippen LogP) is 4.06. The number of amides is 1. The number of nitrogens with zero attached hydrogens (tertiary/aromatic N) is 2. The summed E-state index contributed by atoms with van der Waals surface area (Å²) < 4.78 is 26.0. The third kappa shape index (κ3) is 5.94. The van der Waals surface area contributed by atoms with E-state index in [0.29, 0.717) is 11.6 Å². The van der Waals surface area contributed by atoms with Gasteiger partial charge in [-0.1, -0.05) is 37.7 Å². The molecule has 0 unspecified atom stereocenters. The second kappa shape index (κ2) is 10.7. The Morgan fingerprint density at radius 3 is 2.34 bits per heavy atom. The van der Waals surface area contributed by atoms with Gasteiger partial charge >= 0.3 is 0 Å². The van der Waals surface area contributed by atoms with Crippen molar-refractivity contribution in [2.45, 2.75) is 47.6 Å². The fourth-order valence-electron chi connectivity index (χ4n) is 3.85. The van der Waals surface area contributed by atoms with Crippen LogP contribution in [0.1, 0.15) is 38.2 Å². The van der Waals surface area contributed by atoms with E-state index in [4.69, 9.17) is 0 Å². The second-order valence-electron chi connectivity index (χ2n) is 8.69. The molecule has 2 aromatic carbocycles. The van der Waals surface area contributed by atoms with Crippen molar-refractivity contribution in [1.82, 2.24) is 9.97 Å². The first-order chi connectivity index (χ1) is 16.7. The summed E-state index contributed by atoms with van der Waals surface area (Å²) in [5.74, 6) is 0.155. The minimum atomic E-state index is -4.02. The van der Waals surface area contributed by atoms with E-state index in [0.717, 1.165) is 49.6 Å². The van der Waals surface area contributed by atoms with E-state index in [1.165, 1.54) is 17.7 Å². The number of hydrogen-bond donors (Lipinski definition) is 2. The highest BCUT2D eigenvalue weighted by Crippen LogP contribution is 2.25. The summed E-state index contributed by atoms with van der Waals surface area (Å²) in [6.07, 6.45) is 3.30. The number of benzene rings is 2. The Kier molecular flexibility index (Phi) is 7.61. The second-order valence-corrected chi connectivity index (χ2v) is 11.6. The van der Waals surface area contributed by atoms with Crippen LogP contribution in [-0.2, 0) is 14.6 Å². The van der Waals surface area contributed by atoms with Crippen molar-refractivity contribution in [2.75, 3.05) is 29.1 Å². The van der Waals surface area contributed by atoms with Crippen molar-refractivity contribution in [3.63, 3.8) is 0 Å². The highest BCUT2D eigenvalue weighted by molar-refractivity contribution is 7.99. The lowest BCUT2D eigenvalue weighted by Crippen LogP contribution is -2.20. The number of carbonyl (C=O) groups excluding carboxylic acids is 1. The first kappa shape index (κ1) is 25.0. The van der Waals surface area contributed by atoms with Crippen molar-refractivity contribution >= 4 is 38.9 Å². The van der Waals surface area contributed by atoms with Crippen molar-refractivity contribution < 1.29 is 13.2 Å². The molecule has 3 aromatic rings. The third-order valence-corrected chi connectivity index (χ3v) is 8.50. The zero-order chi connectivity index (χ0) is 25.0. The third-order valence-electron chi connectivity index (χ3n) is 5.85. The molecule has 2 N–H and O–H groups in total. The first-order valence-electron chi connectivity index (χ1n) is 11.5. The SMILES string of the molecule is CC(C)c1ccc(NC(=O)CSc2ncc(S(=O)(=O)c3ccc(N4CCCC4)cc3)c(=O)[nH]2)cc1. The molecule has 0 saturated carbocycles. The molecule has 1 aliphatic rings. The molecule has 0 bridgehead atoms. The number of aromatic nitrogens is 2. The van der Waals surface area contributed by atoms with Crippen molar-refractivity contribution in [3.05, 3.63) is 70.6 Å². The van der Waals surface area contributed by atoms with Gasteiger partial charge in [-0.05, 0) is 60.7 Å². The topological polar surface area (TPSA) is 112 Å². The molecule has 8 nitrogen and oxygen atoms in total. The highest BCUT2D eigenvalue weighted by atomic mass is 32.2. The lowest BCUT2D eigenvalue weighted by Gasteiger charge is -2.17. The van der Waals surface area contributed by atoms with Crippen LogP contribution in [0.25, 0.3) is 0 Å². The largest absolute Gasteiger partial charge is 0.372 e. The number of rotatable bonds is 8. The van der Waals surface area contributed by atoms with Gasteiger partial charge in [-0.3, -0.25) is 9.59 Å². The van der Waals surface area contributed by atoms with Gasteiger partial charge in [0, 0.05) is 24.5 Å². The van der Waals surface area contributed by atoms with Gasteiger partial charge in [-0.2, -0.15) is 0 Å². The standard InChI is InChI=1S/C25H28N4O4S2/c1-17(2)18-5-7-19(8-6-18)27-23(30)16-34-25-26-15-22(24(31)28-25)35(32,33)21-11-9-20(10-12-21)29-13-3-4-14-29/h5-12,15,17H,3-4,13-14,16H2,1-2H3,(H,27,30)(H,26,28,31). The Bertz CT molecular complexity index is 1350. The minimum Gasteiger partial charge on any atom is -0.372 e. The van der Waals surface area contributed by atoms with Crippen LogP contribution in [-0.4, -0.2) is 43.1 Å². The van der Waals surface area contributed by atoms with Crippen molar-refractivity contribution in [1.29, 1.82) is 0 Å². The maximum Gasteiger partial charge on any atom is 0.270 e. The van der Waals surface area contributed by atoms with Crippen LogP contribution in [0.4, 0.5) is 11.4 Å². The summed E-state index contributed by atoms with van der Waals surface area (Å²) in [6, 6.07) is 14.2. The van der Waals surface area contributed by atoms with Crippen molar-refractivity contribution in [3.8, 4) is 0 Å². The number of H-pyrrole nitrogens is 1. The van der Waals surface area contributed by atoms with Gasteiger partial charge in [-0.15, -0.1) is 0 Å². The molecule has 1 aliphatic heterocycles. The number of anilines is 2. The van der Waals surface area contributed by atoms with E-state index in [1.807, 2.05) is 24.3 Å². The number of aromatic amines is 1. The van der Waals surface area contributed by atoms with Crippen LogP contribution in [0, 0.1) is 0 Å². The fourth-order valence-corrected chi connectivity index (χ4v) is 5.72. The average Bonchev–Trinajstić information content (AvgIpc) is 3.38. The Hall–Kier alpha value is -3.11. The Labute approximate surface area is 209 Å². The quantitative estimate of drug-likeness (QED) is 0.346. The number of nitrogens with one attached hydrogen (secondary N) is 2. The molecule has 2 heterocycles. The molecule has 0 aliphatic carbocycles. The van der Waals surface area contributed by atoms with Crippen LogP contribution in [0.3, 0.4) is 0 Å². The summed E-state index contributed by atoms with van der Waals surface area (Å²) >= 11 is 1.02. The molecule has 35 heavy (non-hydrogen) atoms. The van der Waals surface area contributed by atoms with Crippen LogP contribution >= 0.6 is 11.8 Å². The monoisotopic (exact) mass is 512 g/mol. The predicted molar refractivity (Wildman–Crippen MR) is 138 cm³/mol. The van der Waals surface area contributed by atoms with Gasteiger partial charge in [0.1, 0.15) is 0 Å². The van der Waals surface area contributed by atoms with E-state index in [2.05, 4.69) is 34.0 Å². The van der Waals surface area contributed by atoms with Gasteiger partial charge in [0.25, 0.3) is 5.56 Å². The summed E-state index contributed by atoms with van der Waals surface area (Å²) in [5.41, 5.74) is 2.06. The minimum absolute atomic E-state index is 0.0128. The summed E-state index contributed by atoms with van der Waals surface area (Å²) in [5, 5.41) is 2.97. The maximum atomic E-state index is 13.0. The van der Waals surface area contributed by atoms with Crippen LogP contribution in [0.2, 0.25) is 0 Å². The van der Waals surface area contributed by atoms with Crippen LogP contribution in [0.15, 0.2) is 74.5 Å². The van der Waals surface area contributed by atoms with Gasteiger partial charge < -0.3 is 15.2 Å². The molecule has 1 aromatic heterocycles. The molecule has 0 spiro atoms. The summed E-state index contributed by atoms with van der Waals surface area (Å²) in [6.45, 7) is 6.10. The van der Waals surface area contributed by atoms with E-state index in [1.54, 1.807) is 12.1 Å². The van der Waals surface area contributed by atoms with Gasteiger partial charge in [0.05, 0.1) is 16.8 Å². The molecule has 1 fully saturated rings. The van der Waals surface area contributed by atoms with E-state index < -0.39 is 20.3 Å². The van der Waals surface area contributed by atoms with Crippen molar-refractivity contribution in [2.24, 2.45) is 0 Å². The molecule has 184 valence electrons. The van der Waals surface area contributed by atoms with Gasteiger partial charge in [0.15, 0.2) is 10.1 Å². The normalized spacial score (nSPS) is 13.9. The lowest BCUT2D eigenvalue weighted by molar-refractivity contribution is -0.113. The summed E-state index contributed by atoms with van der Waals surface area (Å²) in [4.78, 5) is 33.2. The lowest BCUT2D eigenvalue weighted by atomic mass is 10.0. The van der Waals surface area contributed by atoms with Gasteiger partial charge in [-0.25, -0.2) is 13.4 Å². The van der Waals surface area contributed by atoms with E-state index in [-0.39, 0.29) is 21.7 Å². The Morgan fingerprint density at radius 1 is 1.09 bits per heavy atom. The zero-order valence-electron chi connectivity index (χ0n) is 19.7. The summed E-state index contributed by atoms with van der Waals surface area (Å²) in [7, 11) is -4.02. The van der Waals surface area contributed by atoms with Crippen LogP contribution < -0.4 is 15.8 Å². The number of thioether (sulfide) groups is 1. The first-order valence-corrected chi connectivity index (χ1v) is 13.9. The smallest absolute Gasteiger partial charge is 0.270 e. The number of sulfone groups is 1. The number of hydrogen-bond acceptors (Lipinski definition) is 7. The highest BCUT2D eigenvalue weighted by Gasteiger charge is 2.23. The molecule has 10 heteroatoms. The van der Waals surface area contributed by atoms with E-state index >= 15 is 0 Å². The van der Waals surface area contributed by atoms with Gasteiger partial charge in [0.2, 0.25) is 15.7 Å². The Balaban J connectivity index is 1.39. The molecular formula is C25H28N4O4S2. The Morgan fingerprint density at radius 2 is 1.74 bits per heavy atom. The van der Waals surface area contributed by atoms with Crippen LogP contribution in [0.5, 0.6) is 0 Å². The molecule has 1 saturated heterocycles. The maximum absolute atomic E-state index is 13.0. The fraction of sp³-hybridized carbons (Fsp3) is 0.320. The number of carbonyl (C=O) groups is 1. The average molecular weight is 513 g/mol.